The summed E-state index contributed by atoms with van der Waals surface area (Å²) in [5.41, 5.74) is 4.09. The van der Waals surface area contributed by atoms with Crippen LogP contribution in [-0.4, -0.2) is 0 Å². The van der Waals surface area contributed by atoms with Crippen LogP contribution in [0.25, 0.3) is 33.0 Å². The van der Waals surface area contributed by atoms with E-state index in [2.05, 4.69) is 0 Å². The Kier molecular flexibility index (Phi) is 3.58. The zero-order valence-electron chi connectivity index (χ0n) is 12.8. The van der Waals surface area contributed by atoms with E-state index in [1.807, 2.05) is 72.8 Å². The Morgan fingerprint density at radius 3 is 1.21 bits per heavy atom. The number of fused-ring (bicyclic) bond motifs is 1. The highest BCUT2D eigenvalue weighted by molar-refractivity contribution is 5.96. The third kappa shape index (κ3) is 2.56. The summed E-state index contributed by atoms with van der Waals surface area (Å²) < 4.78 is 27.3. The molecule has 0 aliphatic rings. The van der Waals surface area contributed by atoms with Gasteiger partial charge in [-0.05, 0) is 57.3 Å². The second-order valence-corrected chi connectivity index (χ2v) is 5.74. The molecule has 0 spiro atoms. The molecule has 0 atom stereocenters. The number of benzene rings is 4. The van der Waals surface area contributed by atoms with Crippen molar-refractivity contribution in [2.24, 2.45) is 0 Å². The predicted octanol–water partition coefficient (Wildman–Crippen LogP) is 6.45. The average molecular weight is 316 g/mol. The van der Waals surface area contributed by atoms with Crippen molar-refractivity contribution in [2.45, 2.75) is 0 Å². The molecule has 116 valence electrons. The molecule has 0 unspecified atom stereocenters. The summed E-state index contributed by atoms with van der Waals surface area (Å²) in [6, 6.07) is 26.3. The summed E-state index contributed by atoms with van der Waals surface area (Å²) in [4.78, 5) is 0. The van der Waals surface area contributed by atoms with Crippen LogP contribution < -0.4 is 0 Å². The van der Waals surface area contributed by atoms with Gasteiger partial charge in [0.05, 0.1) is 0 Å². The minimum atomic E-state index is -0.825. The Balaban J connectivity index is 2.06. The highest BCUT2D eigenvalue weighted by Gasteiger charge is 2.11. The van der Waals surface area contributed by atoms with Crippen LogP contribution in [0.2, 0.25) is 0 Å². The normalized spacial score (nSPS) is 10.9. The second-order valence-electron chi connectivity index (χ2n) is 5.74. The molecule has 0 bridgehead atoms. The monoisotopic (exact) mass is 316 g/mol. The first-order valence-electron chi connectivity index (χ1n) is 7.76. The van der Waals surface area contributed by atoms with Crippen LogP contribution in [0.3, 0.4) is 0 Å². The molecule has 24 heavy (non-hydrogen) atoms. The van der Waals surface area contributed by atoms with E-state index in [1.165, 1.54) is 12.1 Å². The zero-order valence-corrected chi connectivity index (χ0v) is 12.8. The third-order valence-electron chi connectivity index (χ3n) is 4.19. The van der Waals surface area contributed by atoms with Crippen molar-refractivity contribution in [1.82, 2.24) is 0 Å². The summed E-state index contributed by atoms with van der Waals surface area (Å²) >= 11 is 0. The molecule has 0 nitrogen and oxygen atoms in total. The molecule has 0 saturated heterocycles. The Morgan fingerprint density at radius 1 is 0.458 bits per heavy atom. The number of halogens is 2. The molecule has 4 aromatic carbocycles. The fourth-order valence-corrected chi connectivity index (χ4v) is 3.01. The minimum absolute atomic E-state index is 0.687. The van der Waals surface area contributed by atoms with Crippen molar-refractivity contribution in [2.75, 3.05) is 0 Å². The number of rotatable bonds is 2. The molecule has 0 aromatic heterocycles. The van der Waals surface area contributed by atoms with Crippen molar-refractivity contribution >= 4 is 10.8 Å². The Bertz CT molecular complexity index is 922. The van der Waals surface area contributed by atoms with Gasteiger partial charge in [0.1, 0.15) is 0 Å². The lowest BCUT2D eigenvalue weighted by Crippen LogP contribution is -1.89. The van der Waals surface area contributed by atoms with Gasteiger partial charge in [0.25, 0.3) is 0 Å². The van der Waals surface area contributed by atoms with Gasteiger partial charge in [-0.15, -0.1) is 0 Å². The molecule has 0 aliphatic heterocycles. The molecule has 2 heteroatoms. The molecule has 0 saturated carbocycles. The molecule has 0 heterocycles. The van der Waals surface area contributed by atoms with Gasteiger partial charge in [-0.1, -0.05) is 60.7 Å². The first kappa shape index (κ1) is 14.6. The van der Waals surface area contributed by atoms with Crippen LogP contribution in [0.4, 0.5) is 8.78 Å². The number of hydrogen-bond acceptors (Lipinski definition) is 0. The van der Waals surface area contributed by atoms with Crippen LogP contribution in [0.5, 0.6) is 0 Å². The van der Waals surface area contributed by atoms with Gasteiger partial charge in [0.15, 0.2) is 11.6 Å². The first-order chi connectivity index (χ1) is 11.7. The second kappa shape index (κ2) is 5.89. The summed E-state index contributed by atoms with van der Waals surface area (Å²) in [5.74, 6) is -1.65. The predicted molar refractivity (Wildman–Crippen MR) is 94.7 cm³/mol. The van der Waals surface area contributed by atoms with Crippen molar-refractivity contribution in [3.63, 3.8) is 0 Å². The van der Waals surface area contributed by atoms with Crippen LogP contribution in [0, 0.1) is 11.6 Å². The molecular formula is C22H14F2. The maximum absolute atomic E-state index is 13.6. The quantitative estimate of drug-likeness (QED) is 0.398. The molecule has 0 fully saturated rings. The van der Waals surface area contributed by atoms with Crippen molar-refractivity contribution in [1.29, 1.82) is 0 Å². The van der Waals surface area contributed by atoms with Gasteiger partial charge in [-0.2, -0.15) is 0 Å². The van der Waals surface area contributed by atoms with E-state index in [4.69, 9.17) is 0 Å². The van der Waals surface area contributed by atoms with E-state index < -0.39 is 11.6 Å². The van der Waals surface area contributed by atoms with Crippen molar-refractivity contribution < 1.29 is 8.78 Å². The van der Waals surface area contributed by atoms with E-state index >= 15 is 0 Å². The number of hydrogen-bond donors (Lipinski definition) is 0. The lowest BCUT2D eigenvalue weighted by molar-refractivity contribution is 0.511. The smallest absolute Gasteiger partial charge is 0.159 e. The highest BCUT2D eigenvalue weighted by Crippen LogP contribution is 2.36. The largest absolute Gasteiger partial charge is 0.204 e. The van der Waals surface area contributed by atoms with Gasteiger partial charge in [0, 0.05) is 0 Å². The standard InChI is InChI=1S/C22H14F2/c23-21-13-17-11-19(15-7-3-1-4-8-15)20(12-18(17)14-22(21)24)16-9-5-2-6-10-16/h1-14H. The highest BCUT2D eigenvalue weighted by atomic mass is 19.2. The molecule has 0 aliphatic carbocycles. The Hall–Kier alpha value is -3.00. The van der Waals surface area contributed by atoms with Gasteiger partial charge in [-0.25, -0.2) is 8.78 Å². The molecule has 0 amide bonds. The first-order valence-corrected chi connectivity index (χ1v) is 7.76. The van der Waals surface area contributed by atoms with Crippen LogP contribution in [-0.2, 0) is 0 Å². The van der Waals surface area contributed by atoms with E-state index in [1.54, 1.807) is 0 Å². The van der Waals surface area contributed by atoms with Crippen LogP contribution in [0.1, 0.15) is 0 Å². The van der Waals surface area contributed by atoms with E-state index in [-0.39, 0.29) is 0 Å². The summed E-state index contributed by atoms with van der Waals surface area (Å²) in [6.07, 6.45) is 0. The maximum atomic E-state index is 13.6. The zero-order chi connectivity index (χ0) is 16.5. The summed E-state index contributed by atoms with van der Waals surface area (Å²) in [5, 5.41) is 1.37. The van der Waals surface area contributed by atoms with Gasteiger partial charge in [-0.3, -0.25) is 0 Å². The van der Waals surface area contributed by atoms with Gasteiger partial charge < -0.3 is 0 Å². The van der Waals surface area contributed by atoms with Crippen LogP contribution >= 0.6 is 0 Å². The minimum Gasteiger partial charge on any atom is -0.204 e. The average Bonchev–Trinajstić information content (AvgIpc) is 2.63. The third-order valence-corrected chi connectivity index (χ3v) is 4.19. The Morgan fingerprint density at radius 2 is 0.833 bits per heavy atom. The molecule has 4 aromatic rings. The Labute approximate surface area is 139 Å². The van der Waals surface area contributed by atoms with E-state index in [0.717, 1.165) is 22.3 Å². The molecule has 4 rings (SSSR count). The van der Waals surface area contributed by atoms with Crippen LogP contribution in [0.15, 0.2) is 84.9 Å². The fraction of sp³-hybridized carbons (Fsp3) is 0. The molecular weight excluding hydrogens is 302 g/mol. The lowest BCUT2D eigenvalue weighted by atomic mass is 9.91. The lowest BCUT2D eigenvalue weighted by Gasteiger charge is -2.13. The maximum Gasteiger partial charge on any atom is 0.159 e. The van der Waals surface area contributed by atoms with Gasteiger partial charge >= 0.3 is 0 Å². The SMILES string of the molecule is Fc1cc2cc(-c3ccccc3)c(-c3ccccc3)cc2cc1F. The van der Waals surface area contributed by atoms with Gasteiger partial charge in [0.2, 0.25) is 0 Å². The van der Waals surface area contributed by atoms with Crippen molar-refractivity contribution in [3.05, 3.63) is 96.6 Å². The summed E-state index contributed by atoms with van der Waals surface area (Å²) in [7, 11) is 0. The molecule has 0 N–H and O–H groups in total. The fourth-order valence-electron chi connectivity index (χ4n) is 3.01. The van der Waals surface area contributed by atoms with E-state index in [9.17, 15) is 8.78 Å². The van der Waals surface area contributed by atoms with E-state index in [0.29, 0.717) is 10.8 Å². The summed E-state index contributed by atoms with van der Waals surface area (Å²) in [6.45, 7) is 0. The molecule has 0 radical (unpaired) electrons. The topological polar surface area (TPSA) is 0 Å². The van der Waals surface area contributed by atoms with Crippen molar-refractivity contribution in [3.8, 4) is 22.3 Å².